The van der Waals surface area contributed by atoms with E-state index < -0.39 is 10.0 Å². The van der Waals surface area contributed by atoms with E-state index >= 15 is 0 Å². The molecule has 0 radical (unpaired) electrons. The van der Waals surface area contributed by atoms with Crippen molar-refractivity contribution in [2.75, 3.05) is 34.3 Å². The maximum absolute atomic E-state index is 13.0. The van der Waals surface area contributed by atoms with Crippen LogP contribution in [0.1, 0.15) is 30.6 Å². The molecule has 0 saturated carbocycles. The number of piperidine rings is 1. The number of hydrogen-bond donors (Lipinski definition) is 1. The molecule has 1 heterocycles. The Bertz CT molecular complexity index is 765. The van der Waals surface area contributed by atoms with Gasteiger partial charge in [0.1, 0.15) is 5.75 Å². The maximum Gasteiger partial charge on any atom is 0.257 e. The normalized spacial score (nSPS) is 20.2. The third-order valence-electron chi connectivity index (χ3n) is 4.72. The van der Waals surface area contributed by atoms with Gasteiger partial charge in [-0.3, -0.25) is 4.79 Å². The predicted octanol–water partition coefficient (Wildman–Crippen LogP) is 1.57. The van der Waals surface area contributed by atoms with Crippen LogP contribution in [0.4, 0.5) is 0 Å². The Hall–Kier alpha value is -1.35. The fraction of sp³-hybridized carbons (Fsp3) is 0.588. The van der Waals surface area contributed by atoms with Crippen molar-refractivity contribution in [3.05, 3.63) is 23.8 Å². The second kappa shape index (κ2) is 8.12. The number of carbonyl (C=O) groups excluding carboxylic acids is 1. The van der Waals surface area contributed by atoms with E-state index in [1.807, 2.05) is 13.8 Å². The van der Waals surface area contributed by atoms with Gasteiger partial charge in [-0.25, -0.2) is 8.42 Å². The standard InChI is InChI=1S/C17H27N3O4S.ClH/c1-17(2)11-20(9-8-15(17)18)25(22,23)12-6-7-14(24-5)13(10-12)16(21)19(3)4;/h6-7,10,15H,8-9,11,18H2,1-5H3;1H. The summed E-state index contributed by atoms with van der Waals surface area (Å²) in [6.07, 6.45) is 0.603. The van der Waals surface area contributed by atoms with Crippen LogP contribution in [0.5, 0.6) is 5.75 Å². The van der Waals surface area contributed by atoms with Crippen molar-refractivity contribution in [3.8, 4) is 5.75 Å². The van der Waals surface area contributed by atoms with Crippen molar-refractivity contribution in [1.29, 1.82) is 0 Å². The van der Waals surface area contributed by atoms with Crippen LogP contribution >= 0.6 is 12.4 Å². The van der Waals surface area contributed by atoms with Crippen molar-refractivity contribution in [1.82, 2.24) is 9.21 Å². The first-order chi connectivity index (χ1) is 11.5. The van der Waals surface area contributed by atoms with Gasteiger partial charge >= 0.3 is 0 Å². The molecule has 1 unspecified atom stereocenters. The summed E-state index contributed by atoms with van der Waals surface area (Å²) in [7, 11) is 0.954. The molecule has 9 heteroatoms. The Kier molecular flexibility index (Phi) is 7.09. The van der Waals surface area contributed by atoms with Crippen LogP contribution < -0.4 is 10.5 Å². The van der Waals surface area contributed by atoms with Gasteiger partial charge in [0, 0.05) is 33.2 Å². The quantitative estimate of drug-likeness (QED) is 0.820. The Balaban J connectivity index is 0.00000338. The zero-order valence-corrected chi connectivity index (χ0v) is 17.5. The number of sulfonamides is 1. The molecule has 0 bridgehead atoms. The van der Waals surface area contributed by atoms with E-state index in [-0.39, 0.29) is 40.2 Å². The third kappa shape index (κ3) is 4.31. The zero-order chi connectivity index (χ0) is 19.0. The molecule has 0 aromatic heterocycles. The Morgan fingerprint density at radius 1 is 1.35 bits per heavy atom. The smallest absolute Gasteiger partial charge is 0.257 e. The maximum atomic E-state index is 13.0. The summed E-state index contributed by atoms with van der Waals surface area (Å²) in [6.45, 7) is 4.65. The molecule has 1 atom stereocenters. The van der Waals surface area contributed by atoms with E-state index in [1.165, 1.54) is 34.5 Å². The molecular formula is C17H28ClN3O4S. The molecule has 148 valence electrons. The first-order valence-corrected chi connectivity index (χ1v) is 9.60. The molecule has 2 rings (SSSR count). The lowest BCUT2D eigenvalue weighted by atomic mass is 9.81. The number of rotatable bonds is 4. The van der Waals surface area contributed by atoms with Crippen LogP contribution in [-0.4, -0.2) is 63.9 Å². The highest BCUT2D eigenvalue weighted by Crippen LogP contribution is 2.32. The van der Waals surface area contributed by atoms with E-state index in [2.05, 4.69) is 0 Å². The van der Waals surface area contributed by atoms with Crippen LogP contribution in [0.25, 0.3) is 0 Å². The van der Waals surface area contributed by atoms with E-state index in [0.29, 0.717) is 25.3 Å². The molecule has 1 fully saturated rings. The zero-order valence-electron chi connectivity index (χ0n) is 15.9. The van der Waals surface area contributed by atoms with Crippen molar-refractivity contribution in [2.45, 2.75) is 31.2 Å². The number of ether oxygens (including phenoxy) is 1. The number of carbonyl (C=O) groups is 1. The molecule has 0 spiro atoms. The van der Waals surface area contributed by atoms with Gasteiger partial charge in [-0.1, -0.05) is 13.8 Å². The molecule has 1 aromatic carbocycles. The van der Waals surface area contributed by atoms with E-state index in [9.17, 15) is 13.2 Å². The minimum absolute atomic E-state index is 0. The lowest BCUT2D eigenvalue weighted by Crippen LogP contribution is -2.53. The Morgan fingerprint density at radius 2 is 1.96 bits per heavy atom. The average Bonchev–Trinajstić information content (AvgIpc) is 2.55. The fourth-order valence-electron chi connectivity index (χ4n) is 2.93. The van der Waals surface area contributed by atoms with Crippen molar-refractivity contribution in [3.63, 3.8) is 0 Å². The average molecular weight is 406 g/mol. The van der Waals surface area contributed by atoms with E-state index in [4.69, 9.17) is 10.5 Å². The summed E-state index contributed by atoms with van der Waals surface area (Å²) in [5, 5.41) is 0. The van der Waals surface area contributed by atoms with Crippen molar-refractivity contribution < 1.29 is 17.9 Å². The Labute approximate surface area is 161 Å². The molecule has 1 aromatic rings. The number of methoxy groups -OCH3 is 1. The molecule has 1 amide bonds. The van der Waals surface area contributed by atoms with Gasteiger partial charge in [-0.05, 0) is 30.0 Å². The molecule has 7 nitrogen and oxygen atoms in total. The minimum Gasteiger partial charge on any atom is -0.496 e. The van der Waals surface area contributed by atoms with Gasteiger partial charge in [-0.15, -0.1) is 12.4 Å². The lowest BCUT2D eigenvalue weighted by molar-refractivity contribution is 0.0824. The number of benzene rings is 1. The van der Waals surface area contributed by atoms with Crippen molar-refractivity contribution in [2.24, 2.45) is 11.1 Å². The summed E-state index contributed by atoms with van der Waals surface area (Å²) in [5.74, 6) is 0.0357. The number of nitrogens with two attached hydrogens (primary N) is 1. The predicted molar refractivity (Wildman–Crippen MR) is 103 cm³/mol. The summed E-state index contributed by atoms with van der Waals surface area (Å²) >= 11 is 0. The molecule has 1 aliphatic rings. The summed E-state index contributed by atoms with van der Waals surface area (Å²) in [6, 6.07) is 4.34. The SMILES string of the molecule is COc1ccc(S(=O)(=O)N2CCC(N)C(C)(C)C2)cc1C(=O)N(C)C.Cl. The number of nitrogens with zero attached hydrogens (tertiary/aromatic N) is 2. The minimum atomic E-state index is -3.71. The number of hydrogen-bond acceptors (Lipinski definition) is 5. The second-order valence-corrected chi connectivity index (χ2v) is 9.22. The van der Waals surface area contributed by atoms with Crippen molar-refractivity contribution >= 4 is 28.3 Å². The molecule has 1 aliphatic heterocycles. The van der Waals surface area contributed by atoms with Crippen LogP contribution in [0.2, 0.25) is 0 Å². The highest BCUT2D eigenvalue weighted by molar-refractivity contribution is 7.89. The van der Waals surface area contributed by atoms with Gasteiger partial charge in [0.15, 0.2) is 0 Å². The molecule has 2 N–H and O–H groups in total. The van der Waals surface area contributed by atoms with Crippen LogP contribution in [-0.2, 0) is 10.0 Å². The third-order valence-corrected chi connectivity index (χ3v) is 6.56. The highest BCUT2D eigenvalue weighted by atomic mass is 35.5. The highest BCUT2D eigenvalue weighted by Gasteiger charge is 2.39. The lowest BCUT2D eigenvalue weighted by Gasteiger charge is -2.41. The second-order valence-electron chi connectivity index (χ2n) is 7.28. The summed E-state index contributed by atoms with van der Waals surface area (Å²) < 4.78 is 32.7. The first kappa shape index (κ1) is 22.7. The van der Waals surface area contributed by atoms with Gasteiger partial charge in [0.2, 0.25) is 10.0 Å². The largest absolute Gasteiger partial charge is 0.496 e. The molecule has 0 aliphatic carbocycles. The van der Waals surface area contributed by atoms with E-state index in [0.717, 1.165) is 0 Å². The van der Waals surface area contributed by atoms with Crippen LogP contribution in [0, 0.1) is 5.41 Å². The van der Waals surface area contributed by atoms with Gasteiger partial charge in [0.25, 0.3) is 5.91 Å². The van der Waals surface area contributed by atoms with Crippen LogP contribution in [0.3, 0.4) is 0 Å². The molecule has 1 saturated heterocycles. The van der Waals surface area contributed by atoms with Gasteiger partial charge in [0.05, 0.1) is 17.6 Å². The first-order valence-electron chi connectivity index (χ1n) is 8.16. The summed E-state index contributed by atoms with van der Waals surface area (Å²) in [5.41, 5.74) is 6.02. The van der Waals surface area contributed by atoms with Crippen LogP contribution in [0.15, 0.2) is 23.1 Å². The number of amides is 1. The molecule has 26 heavy (non-hydrogen) atoms. The summed E-state index contributed by atoms with van der Waals surface area (Å²) in [4.78, 5) is 13.8. The van der Waals surface area contributed by atoms with E-state index in [1.54, 1.807) is 14.1 Å². The number of halogens is 1. The van der Waals surface area contributed by atoms with Gasteiger partial charge < -0.3 is 15.4 Å². The molecular weight excluding hydrogens is 378 g/mol. The fourth-order valence-corrected chi connectivity index (χ4v) is 4.59. The monoisotopic (exact) mass is 405 g/mol. The Morgan fingerprint density at radius 3 is 2.46 bits per heavy atom. The van der Waals surface area contributed by atoms with Gasteiger partial charge in [-0.2, -0.15) is 4.31 Å². The topological polar surface area (TPSA) is 92.9 Å².